The van der Waals surface area contributed by atoms with E-state index in [0.29, 0.717) is 17.0 Å². The first-order chi connectivity index (χ1) is 11.5. The first kappa shape index (κ1) is 15.3. The molecule has 0 radical (unpaired) electrons. The van der Waals surface area contributed by atoms with E-state index in [4.69, 9.17) is 10.8 Å². The van der Waals surface area contributed by atoms with E-state index in [1.807, 2.05) is 18.2 Å². The highest BCUT2D eigenvalue weighted by Crippen LogP contribution is 2.29. The van der Waals surface area contributed by atoms with Gasteiger partial charge in [0, 0.05) is 30.3 Å². The van der Waals surface area contributed by atoms with Gasteiger partial charge in [-0.3, -0.25) is 25.5 Å². The zero-order chi connectivity index (χ0) is 17.3. The Morgan fingerprint density at radius 1 is 1.25 bits per heavy atom. The summed E-state index contributed by atoms with van der Waals surface area (Å²) in [6.07, 6.45) is 1.04. The number of nitro benzene ring substituents is 1. The number of hydrogen-bond acceptors (Lipinski definition) is 6. The topological polar surface area (TPSA) is 112 Å². The molecule has 0 fully saturated rings. The van der Waals surface area contributed by atoms with Gasteiger partial charge in [0.1, 0.15) is 5.82 Å². The highest BCUT2D eigenvalue weighted by atomic mass is 16.6. The van der Waals surface area contributed by atoms with Crippen molar-refractivity contribution in [3.8, 4) is 0 Å². The molecule has 8 heteroatoms. The number of aromatic nitrogens is 2. The molecular formula is C16H14N6O2. The van der Waals surface area contributed by atoms with Gasteiger partial charge in [-0.25, -0.2) is 0 Å². The third-order valence-corrected chi connectivity index (χ3v) is 3.72. The summed E-state index contributed by atoms with van der Waals surface area (Å²) in [7, 11) is 1.74. The van der Waals surface area contributed by atoms with Gasteiger partial charge in [-0.2, -0.15) is 4.98 Å². The molecule has 3 aromatic rings. The Bertz CT molecular complexity index is 1010. The first-order valence-corrected chi connectivity index (χ1v) is 7.07. The Morgan fingerprint density at radius 2 is 2.00 bits per heavy atom. The van der Waals surface area contributed by atoms with Gasteiger partial charge in [0.15, 0.2) is 0 Å². The van der Waals surface area contributed by atoms with Crippen LogP contribution >= 0.6 is 0 Å². The van der Waals surface area contributed by atoms with E-state index in [2.05, 4.69) is 4.98 Å². The Hall–Kier alpha value is -3.55. The molecule has 0 amide bonds. The maximum atomic E-state index is 11.0. The van der Waals surface area contributed by atoms with Gasteiger partial charge < -0.3 is 4.90 Å². The largest absolute Gasteiger partial charge is 0.329 e. The molecule has 0 bridgehead atoms. The van der Waals surface area contributed by atoms with Crippen LogP contribution in [0.1, 0.15) is 0 Å². The molecule has 0 atom stereocenters. The first-order valence-electron chi connectivity index (χ1n) is 7.07. The lowest BCUT2D eigenvalue weighted by molar-refractivity contribution is -0.384. The zero-order valence-electron chi connectivity index (χ0n) is 12.8. The number of non-ortho nitro benzene ring substituents is 1. The molecule has 0 aliphatic rings. The minimum absolute atomic E-state index is 0.0137. The number of anilines is 2. The molecule has 120 valence electrons. The number of para-hydroxylation sites is 1. The highest BCUT2D eigenvalue weighted by molar-refractivity contribution is 5.94. The van der Waals surface area contributed by atoms with Crippen LogP contribution in [0.4, 0.5) is 17.2 Å². The third-order valence-electron chi connectivity index (χ3n) is 3.72. The van der Waals surface area contributed by atoms with Crippen molar-refractivity contribution in [2.24, 2.45) is 0 Å². The standard InChI is InChI=1S/C16H14N6O2/c1-20(11-5-4-6-12(9-11)22(23)24)15-13-7-2-3-8-14(13)21(10-17)16(18)19-15/h2-10,17-18H,1H3. The number of nitrogens with one attached hydrogen (secondary N) is 2. The lowest BCUT2D eigenvalue weighted by Crippen LogP contribution is -2.26. The molecule has 3 rings (SSSR count). The van der Waals surface area contributed by atoms with E-state index in [1.165, 1.54) is 16.7 Å². The van der Waals surface area contributed by atoms with E-state index in [0.717, 1.165) is 11.7 Å². The van der Waals surface area contributed by atoms with Crippen LogP contribution in [0.5, 0.6) is 0 Å². The van der Waals surface area contributed by atoms with Crippen LogP contribution in [-0.4, -0.2) is 27.9 Å². The number of hydrogen-bond donors (Lipinski definition) is 2. The number of nitro groups is 1. The van der Waals surface area contributed by atoms with E-state index in [1.54, 1.807) is 30.1 Å². The van der Waals surface area contributed by atoms with Gasteiger partial charge in [-0.05, 0) is 18.2 Å². The summed E-state index contributed by atoms with van der Waals surface area (Å²) in [6.45, 7) is 0. The smallest absolute Gasteiger partial charge is 0.271 e. The van der Waals surface area contributed by atoms with Crippen molar-refractivity contribution in [3.63, 3.8) is 0 Å². The van der Waals surface area contributed by atoms with Crippen LogP contribution in [0.25, 0.3) is 10.9 Å². The van der Waals surface area contributed by atoms with Gasteiger partial charge in [0.25, 0.3) is 5.69 Å². The predicted octanol–water partition coefficient (Wildman–Crippen LogP) is 2.65. The van der Waals surface area contributed by atoms with Gasteiger partial charge in [0.05, 0.1) is 16.8 Å². The Kier molecular flexibility index (Phi) is 3.78. The number of nitrogens with zero attached hydrogens (tertiary/aromatic N) is 4. The van der Waals surface area contributed by atoms with Crippen molar-refractivity contribution in [1.82, 2.24) is 9.55 Å². The molecule has 0 aliphatic carbocycles. The molecule has 0 spiro atoms. The third kappa shape index (κ3) is 2.50. The van der Waals surface area contributed by atoms with E-state index in [-0.39, 0.29) is 11.3 Å². The van der Waals surface area contributed by atoms with Crippen molar-refractivity contribution in [2.45, 2.75) is 0 Å². The number of benzene rings is 2. The fourth-order valence-corrected chi connectivity index (χ4v) is 2.53. The van der Waals surface area contributed by atoms with E-state index >= 15 is 0 Å². The minimum Gasteiger partial charge on any atom is -0.329 e. The van der Waals surface area contributed by atoms with Crippen LogP contribution in [-0.2, 0) is 0 Å². The normalized spacial score (nSPS) is 10.5. The molecular weight excluding hydrogens is 308 g/mol. The van der Waals surface area contributed by atoms with E-state index in [9.17, 15) is 10.1 Å². The monoisotopic (exact) mass is 322 g/mol. The molecule has 1 heterocycles. The quantitative estimate of drug-likeness (QED) is 0.333. The van der Waals surface area contributed by atoms with Crippen molar-refractivity contribution in [2.75, 3.05) is 11.9 Å². The van der Waals surface area contributed by atoms with Crippen LogP contribution in [0.15, 0.2) is 48.5 Å². The average molecular weight is 322 g/mol. The molecule has 24 heavy (non-hydrogen) atoms. The molecule has 8 nitrogen and oxygen atoms in total. The van der Waals surface area contributed by atoms with Crippen molar-refractivity contribution in [3.05, 3.63) is 64.3 Å². The van der Waals surface area contributed by atoms with Crippen molar-refractivity contribution in [1.29, 1.82) is 10.8 Å². The van der Waals surface area contributed by atoms with Crippen LogP contribution in [0.3, 0.4) is 0 Å². The molecule has 2 aromatic carbocycles. The molecule has 0 saturated carbocycles. The zero-order valence-corrected chi connectivity index (χ0v) is 12.8. The maximum Gasteiger partial charge on any atom is 0.271 e. The number of rotatable bonds is 4. The van der Waals surface area contributed by atoms with Crippen molar-refractivity contribution < 1.29 is 4.92 Å². The van der Waals surface area contributed by atoms with Gasteiger partial charge >= 0.3 is 0 Å². The summed E-state index contributed by atoms with van der Waals surface area (Å²) >= 11 is 0. The summed E-state index contributed by atoms with van der Waals surface area (Å²) < 4.78 is 1.36. The Morgan fingerprint density at radius 3 is 2.71 bits per heavy atom. The van der Waals surface area contributed by atoms with Gasteiger partial charge in [-0.15, -0.1) is 0 Å². The second kappa shape index (κ2) is 5.92. The predicted molar refractivity (Wildman–Crippen MR) is 90.9 cm³/mol. The summed E-state index contributed by atoms with van der Waals surface area (Å²) in [5.74, 6) is 0.495. The maximum absolute atomic E-state index is 11.0. The summed E-state index contributed by atoms with van der Waals surface area (Å²) in [5.41, 5.74) is 1.16. The highest BCUT2D eigenvalue weighted by Gasteiger charge is 2.15. The molecule has 0 aliphatic heterocycles. The number of fused-ring (bicyclic) bond motifs is 1. The fraction of sp³-hybridized carbons (Fsp3) is 0.0625. The second-order valence-electron chi connectivity index (χ2n) is 5.11. The van der Waals surface area contributed by atoms with Crippen LogP contribution in [0, 0.1) is 20.9 Å². The SMILES string of the molecule is CN(c1cccc([N+](=O)[O-])c1)c1nc(=N)n(C=N)c2ccccc12. The molecule has 0 unspecified atom stereocenters. The Balaban J connectivity index is 2.23. The van der Waals surface area contributed by atoms with Crippen LogP contribution in [0.2, 0.25) is 0 Å². The average Bonchev–Trinajstić information content (AvgIpc) is 2.60. The van der Waals surface area contributed by atoms with Gasteiger partial charge in [0.2, 0.25) is 5.62 Å². The van der Waals surface area contributed by atoms with Crippen molar-refractivity contribution >= 4 is 34.4 Å². The molecule has 2 N–H and O–H groups in total. The lowest BCUT2D eigenvalue weighted by Gasteiger charge is -2.20. The minimum atomic E-state index is -0.452. The van der Waals surface area contributed by atoms with E-state index < -0.39 is 4.92 Å². The van der Waals surface area contributed by atoms with Gasteiger partial charge in [-0.1, -0.05) is 18.2 Å². The summed E-state index contributed by atoms with van der Waals surface area (Å²) in [4.78, 5) is 16.5. The molecule has 1 aromatic heterocycles. The Labute approximate surface area is 136 Å². The lowest BCUT2D eigenvalue weighted by atomic mass is 10.2. The van der Waals surface area contributed by atoms with Crippen LogP contribution < -0.4 is 10.5 Å². The second-order valence-corrected chi connectivity index (χ2v) is 5.11. The summed E-state index contributed by atoms with van der Waals surface area (Å²) in [6, 6.07) is 13.5. The summed E-state index contributed by atoms with van der Waals surface area (Å²) in [5, 5.41) is 27.2. The fourth-order valence-electron chi connectivity index (χ4n) is 2.53. The molecule has 0 saturated heterocycles.